The number of carbonyl (C=O) groups is 3. The van der Waals surface area contributed by atoms with Crippen molar-refractivity contribution in [2.24, 2.45) is 5.73 Å². The number of hydrogen-bond donors (Lipinski definition) is 1. The molecule has 1 aliphatic rings. The Hall–Kier alpha value is -1.63. The molecule has 1 aromatic carbocycles. The lowest BCUT2D eigenvalue weighted by molar-refractivity contribution is -0.775. The third-order valence-corrected chi connectivity index (χ3v) is 3.98. The van der Waals surface area contributed by atoms with Crippen molar-refractivity contribution in [3.8, 4) is 0 Å². The quantitative estimate of drug-likeness (QED) is 0.668. The Kier molecular flexibility index (Phi) is 3.97. The minimum Gasteiger partial charge on any atom is -0.318 e. The van der Waals surface area contributed by atoms with Crippen molar-refractivity contribution in [2.45, 2.75) is 19.9 Å². The van der Waals surface area contributed by atoms with E-state index in [1.54, 1.807) is 13.8 Å². The molecule has 2 rings (SSSR count). The van der Waals surface area contributed by atoms with Crippen molar-refractivity contribution in [1.29, 1.82) is 0 Å². The first kappa shape index (κ1) is 15.8. The predicted molar refractivity (Wildman–Crippen MR) is 79.2 cm³/mol. The molecule has 1 saturated heterocycles. The lowest BCUT2D eigenvalue weighted by Gasteiger charge is -2.28. The number of nitrogens with two attached hydrogens (primary N) is 1. The molecule has 21 heavy (non-hydrogen) atoms. The summed E-state index contributed by atoms with van der Waals surface area (Å²) in [5, 5.41) is 0.568. The van der Waals surface area contributed by atoms with Gasteiger partial charge in [-0.15, -0.1) is 4.48 Å². The van der Waals surface area contributed by atoms with Crippen LogP contribution in [-0.2, 0) is 4.79 Å². The van der Waals surface area contributed by atoms with Crippen molar-refractivity contribution in [3.05, 3.63) is 28.2 Å². The molecule has 5 amide bonds. The van der Waals surface area contributed by atoms with Crippen LogP contribution >= 0.6 is 23.2 Å². The zero-order valence-corrected chi connectivity index (χ0v) is 13.0. The number of amides is 5. The number of rotatable bonds is 2. The summed E-state index contributed by atoms with van der Waals surface area (Å²) in [7, 11) is 0. The van der Waals surface area contributed by atoms with E-state index >= 15 is 0 Å². The van der Waals surface area contributed by atoms with Gasteiger partial charge in [0.1, 0.15) is 6.04 Å². The fourth-order valence-corrected chi connectivity index (χ4v) is 2.90. The van der Waals surface area contributed by atoms with Gasteiger partial charge in [-0.25, -0.2) is 9.59 Å². The average Bonchev–Trinajstić information content (AvgIpc) is 2.60. The van der Waals surface area contributed by atoms with Crippen LogP contribution in [0.2, 0.25) is 10.0 Å². The summed E-state index contributed by atoms with van der Waals surface area (Å²) in [4.78, 5) is 37.5. The minimum absolute atomic E-state index is 0.226. The van der Waals surface area contributed by atoms with Crippen LogP contribution in [0.5, 0.6) is 0 Å². The molecule has 1 aromatic rings. The highest BCUT2D eigenvalue weighted by molar-refractivity contribution is 6.35. The first-order valence-electron chi connectivity index (χ1n) is 6.21. The Morgan fingerprint density at radius 2 is 1.76 bits per heavy atom. The van der Waals surface area contributed by atoms with Crippen molar-refractivity contribution in [3.63, 3.8) is 0 Å². The molecule has 1 aliphatic heterocycles. The number of benzene rings is 1. The van der Waals surface area contributed by atoms with Gasteiger partial charge in [-0.1, -0.05) is 23.2 Å². The second-order valence-corrected chi connectivity index (χ2v) is 5.97. The molecule has 0 spiro atoms. The molecule has 1 heterocycles. The number of carbonyl (C=O) groups excluding carboxylic acids is 3. The Labute approximate surface area is 131 Å². The van der Waals surface area contributed by atoms with Gasteiger partial charge in [0.25, 0.3) is 5.91 Å². The lowest BCUT2D eigenvalue weighted by Crippen LogP contribution is -2.61. The van der Waals surface area contributed by atoms with Gasteiger partial charge < -0.3 is 5.73 Å². The summed E-state index contributed by atoms with van der Waals surface area (Å²) >= 11 is 11.8. The SMILES string of the molecule is CC(C)[N+]1(C(N)=O)CC(=O)N(c2cc(Cl)cc(Cl)c2)C1=O. The Balaban J connectivity index is 2.55. The molecular formula is C13H14Cl2N3O3+. The summed E-state index contributed by atoms with van der Waals surface area (Å²) in [5.41, 5.74) is 5.59. The number of quaternary nitrogens is 1. The van der Waals surface area contributed by atoms with E-state index in [-0.39, 0.29) is 22.3 Å². The maximum absolute atomic E-state index is 12.6. The zero-order chi connectivity index (χ0) is 15.9. The molecule has 0 aliphatic carbocycles. The van der Waals surface area contributed by atoms with Crippen LogP contribution in [0.1, 0.15) is 13.8 Å². The van der Waals surface area contributed by atoms with E-state index in [1.165, 1.54) is 18.2 Å². The highest BCUT2D eigenvalue weighted by Crippen LogP contribution is 2.32. The number of halogens is 2. The van der Waals surface area contributed by atoms with Crippen LogP contribution in [0.4, 0.5) is 15.3 Å². The van der Waals surface area contributed by atoms with Crippen LogP contribution in [0.3, 0.4) is 0 Å². The normalized spacial score (nSPS) is 22.2. The molecule has 0 aromatic heterocycles. The monoisotopic (exact) mass is 330 g/mol. The first-order chi connectivity index (χ1) is 9.70. The number of anilines is 1. The van der Waals surface area contributed by atoms with Gasteiger partial charge in [0.2, 0.25) is 0 Å². The molecule has 1 atom stereocenters. The molecule has 0 saturated carbocycles. The highest BCUT2D eigenvalue weighted by atomic mass is 35.5. The van der Waals surface area contributed by atoms with E-state index in [0.29, 0.717) is 0 Å². The second-order valence-electron chi connectivity index (χ2n) is 5.10. The lowest BCUT2D eigenvalue weighted by atomic mass is 10.2. The zero-order valence-electron chi connectivity index (χ0n) is 11.5. The van der Waals surface area contributed by atoms with Gasteiger partial charge >= 0.3 is 12.1 Å². The molecule has 6 nitrogen and oxygen atoms in total. The van der Waals surface area contributed by atoms with Crippen molar-refractivity contribution in [1.82, 2.24) is 0 Å². The average molecular weight is 331 g/mol. The third kappa shape index (κ3) is 2.39. The van der Waals surface area contributed by atoms with Crippen molar-refractivity contribution < 1.29 is 18.9 Å². The van der Waals surface area contributed by atoms with Crippen LogP contribution in [-0.4, -0.2) is 35.0 Å². The summed E-state index contributed by atoms with van der Waals surface area (Å²) in [6.07, 6.45) is 0. The molecule has 2 N–H and O–H groups in total. The van der Waals surface area contributed by atoms with E-state index < -0.39 is 28.5 Å². The smallest absolute Gasteiger partial charge is 0.318 e. The maximum atomic E-state index is 12.6. The van der Waals surface area contributed by atoms with Crippen LogP contribution in [0, 0.1) is 0 Å². The topological polar surface area (TPSA) is 80.5 Å². The summed E-state index contributed by atoms with van der Waals surface area (Å²) < 4.78 is -0.747. The molecule has 1 unspecified atom stereocenters. The van der Waals surface area contributed by atoms with Gasteiger partial charge in [0.05, 0.1) is 5.69 Å². The molecular weight excluding hydrogens is 317 g/mol. The highest BCUT2D eigenvalue weighted by Gasteiger charge is 2.59. The predicted octanol–water partition coefficient (Wildman–Crippen LogP) is 2.76. The van der Waals surface area contributed by atoms with Gasteiger partial charge in [0, 0.05) is 10.0 Å². The largest absolute Gasteiger partial charge is 0.440 e. The van der Waals surface area contributed by atoms with Crippen LogP contribution in [0.15, 0.2) is 18.2 Å². The second kappa shape index (κ2) is 5.29. The first-order valence-corrected chi connectivity index (χ1v) is 6.97. The van der Waals surface area contributed by atoms with E-state index in [1.807, 2.05) is 0 Å². The minimum atomic E-state index is -0.862. The molecule has 112 valence electrons. The van der Waals surface area contributed by atoms with Gasteiger partial charge in [-0.05, 0) is 32.0 Å². The number of urea groups is 2. The molecule has 0 bridgehead atoms. The standard InChI is InChI=1S/C13H13Cl2N3O3/c1-7(2)18(12(16)20)6-11(19)17(13(18)21)10-4-8(14)3-9(15)5-10/h3-5,7H,6H2,1-2H3,(H-,16,20)/p+1. The maximum Gasteiger partial charge on any atom is 0.440 e. The Morgan fingerprint density at radius 3 is 2.14 bits per heavy atom. The summed E-state index contributed by atoms with van der Waals surface area (Å²) in [6, 6.07) is 2.34. The van der Waals surface area contributed by atoms with E-state index in [0.717, 1.165) is 4.90 Å². The Morgan fingerprint density at radius 1 is 1.24 bits per heavy atom. The third-order valence-electron chi connectivity index (χ3n) is 3.55. The van der Waals surface area contributed by atoms with Gasteiger partial charge in [0.15, 0.2) is 6.54 Å². The molecule has 8 heteroatoms. The summed E-state index contributed by atoms with van der Waals surface area (Å²) in [6.45, 7) is 3.00. The number of hydrogen-bond acceptors (Lipinski definition) is 3. The van der Waals surface area contributed by atoms with E-state index in [2.05, 4.69) is 0 Å². The number of primary amides is 1. The fraction of sp³-hybridized carbons (Fsp3) is 0.308. The van der Waals surface area contributed by atoms with E-state index in [4.69, 9.17) is 28.9 Å². The number of nitrogens with zero attached hydrogens (tertiary/aromatic N) is 2. The number of imide groups is 2. The van der Waals surface area contributed by atoms with Gasteiger partial charge in [-0.2, -0.15) is 4.90 Å². The van der Waals surface area contributed by atoms with Crippen LogP contribution < -0.4 is 10.6 Å². The molecule has 0 radical (unpaired) electrons. The van der Waals surface area contributed by atoms with Gasteiger partial charge in [-0.3, -0.25) is 4.79 Å². The molecule has 1 fully saturated rings. The van der Waals surface area contributed by atoms with Crippen molar-refractivity contribution >= 4 is 46.9 Å². The van der Waals surface area contributed by atoms with E-state index in [9.17, 15) is 14.4 Å². The van der Waals surface area contributed by atoms with Crippen LogP contribution in [0.25, 0.3) is 0 Å². The Bertz CT molecular complexity index is 627. The summed E-state index contributed by atoms with van der Waals surface area (Å²) in [5.74, 6) is -0.522. The van der Waals surface area contributed by atoms with Crippen molar-refractivity contribution in [2.75, 3.05) is 11.4 Å². The fourth-order valence-electron chi connectivity index (χ4n) is 2.39.